The van der Waals surface area contributed by atoms with E-state index in [0.717, 1.165) is 33.5 Å². The lowest BCUT2D eigenvalue weighted by molar-refractivity contribution is -0.136. The fraction of sp³-hybridized carbons (Fsp3) is 0.327. The van der Waals surface area contributed by atoms with Crippen molar-refractivity contribution in [3.8, 4) is 45.1 Å². The Balaban J connectivity index is 0.775. The van der Waals surface area contributed by atoms with Gasteiger partial charge in [0.25, 0.3) is 11.8 Å². The summed E-state index contributed by atoms with van der Waals surface area (Å²) in [6.45, 7) is 2.90. The van der Waals surface area contributed by atoms with E-state index in [1.54, 1.807) is 18.2 Å². The van der Waals surface area contributed by atoms with Crippen molar-refractivity contribution in [2.75, 3.05) is 97.3 Å². The van der Waals surface area contributed by atoms with E-state index < -0.39 is 17.9 Å². The van der Waals surface area contributed by atoms with Gasteiger partial charge in [0.05, 0.1) is 89.0 Å². The SMILES string of the molecule is COc1ccc(-c2cc(-c3ccccc3)nc3c2CC(=O)Nc2ccccc2-3)cc1OCC(=O)NCCOCCOCCOCCOCCNc1cccc(C=O)c1C(=O)N(C)C1CCC(=O)NC1=O. The Morgan fingerprint density at radius 1 is 0.743 bits per heavy atom. The molecule has 0 aliphatic carbocycles. The molecule has 2 aliphatic heterocycles. The Bertz CT molecular complexity index is 2660. The number of hydrogen-bond donors (Lipinski definition) is 4. The van der Waals surface area contributed by atoms with Gasteiger partial charge >= 0.3 is 0 Å². The predicted octanol–water partition coefficient (Wildman–Crippen LogP) is 4.95. The molecule has 1 atom stereocenters. The van der Waals surface area contributed by atoms with Gasteiger partial charge < -0.3 is 49.3 Å². The van der Waals surface area contributed by atoms with Crippen LogP contribution in [-0.2, 0) is 44.5 Å². The Morgan fingerprint density at radius 2 is 1.44 bits per heavy atom. The maximum Gasteiger partial charge on any atom is 0.258 e. The van der Waals surface area contributed by atoms with Crippen molar-refractivity contribution in [3.63, 3.8) is 0 Å². The number of pyridine rings is 1. The van der Waals surface area contributed by atoms with Crippen molar-refractivity contribution < 1.29 is 57.2 Å². The number of imide groups is 1. The number of para-hydroxylation sites is 1. The summed E-state index contributed by atoms with van der Waals surface area (Å²) in [6.07, 6.45) is 1.02. The van der Waals surface area contributed by atoms with Gasteiger partial charge in [-0.15, -0.1) is 0 Å². The number of nitrogens with zero attached hydrogens (tertiary/aromatic N) is 2. The molecule has 1 unspecified atom stereocenters. The summed E-state index contributed by atoms with van der Waals surface area (Å²) in [5.74, 6) is -1.14. The maximum absolute atomic E-state index is 13.4. The van der Waals surface area contributed by atoms with Crippen molar-refractivity contribution >= 4 is 47.2 Å². The number of ether oxygens (including phenoxy) is 6. The van der Waals surface area contributed by atoms with Crippen LogP contribution >= 0.6 is 0 Å². The summed E-state index contributed by atoms with van der Waals surface area (Å²) in [7, 11) is 3.00. The Hall–Kier alpha value is -7.51. The second-order valence-corrected chi connectivity index (χ2v) is 16.2. The van der Waals surface area contributed by atoms with E-state index in [0.29, 0.717) is 87.6 Å². The number of aromatic nitrogens is 1. The number of likely N-dealkylation sites (N-methyl/N-ethyl adjacent to an activating group) is 1. The lowest BCUT2D eigenvalue weighted by Gasteiger charge is -2.30. The highest BCUT2D eigenvalue weighted by Crippen LogP contribution is 2.42. The molecular weight excluding hydrogens is 901 g/mol. The number of piperidine rings is 1. The molecule has 0 radical (unpaired) electrons. The summed E-state index contributed by atoms with van der Waals surface area (Å²) in [4.78, 5) is 81.5. The van der Waals surface area contributed by atoms with Crippen LogP contribution in [0.5, 0.6) is 11.5 Å². The number of rotatable bonds is 25. The van der Waals surface area contributed by atoms with Crippen LogP contribution in [0, 0.1) is 0 Å². The average molecular weight is 957 g/mol. The molecule has 0 saturated carbocycles. The van der Waals surface area contributed by atoms with E-state index in [-0.39, 0.29) is 67.9 Å². The van der Waals surface area contributed by atoms with Crippen molar-refractivity contribution in [1.29, 1.82) is 0 Å². The number of benzene rings is 4. The molecule has 5 aromatic rings. The van der Waals surface area contributed by atoms with Crippen LogP contribution in [0.2, 0.25) is 0 Å². The lowest BCUT2D eigenvalue weighted by Crippen LogP contribution is -2.53. The molecule has 1 saturated heterocycles. The van der Waals surface area contributed by atoms with Crippen LogP contribution in [0.25, 0.3) is 33.6 Å². The number of aldehydes is 1. The summed E-state index contributed by atoms with van der Waals surface area (Å²) in [6, 6.07) is 28.9. The summed E-state index contributed by atoms with van der Waals surface area (Å²) >= 11 is 0. The molecule has 366 valence electrons. The zero-order chi connectivity index (χ0) is 49.2. The second-order valence-electron chi connectivity index (χ2n) is 16.2. The zero-order valence-electron chi connectivity index (χ0n) is 39.1. The minimum Gasteiger partial charge on any atom is -0.493 e. The predicted molar refractivity (Wildman–Crippen MR) is 260 cm³/mol. The van der Waals surface area contributed by atoms with E-state index in [2.05, 4.69) is 21.3 Å². The third kappa shape index (κ3) is 13.2. The molecule has 5 amide bonds. The first kappa shape index (κ1) is 50.4. The van der Waals surface area contributed by atoms with Crippen LogP contribution in [0.4, 0.5) is 11.4 Å². The highest BCUT2D eigenvalue weighted by Gasteiger charge is 2.34. The monoisotopic (exact) mass is 956 g/mol. The highest BCUT2D eigenvalue weighted by molar-refractivity contribution is 6.09. The number of anilines is 2. The van der Waals surface area contributed by atoms with E-state index in [1.165, 1.54) is 25.1 Å². The fourth-order valence-electron chi connectivity index (χ4n) is 8.00. The van der Waals surface area contributed by atoms with Gasteiger partial charge in [0.2, 0.25) is 17.7 Å². The Labute approximate surface area is 405 Å². The zero-order valence-corrected chi connectivity index (χ0v) is 39.1. The smallest absolute Gasteiger partial charge is 0.258 e. The van der Waals surface area contributed by atoms with Gasteiger partial charge in [-0.25, -0.2) is 4.98 Å². The Kier molecular flexibility index (Phi) is 18.1. The number of methoxy groups -OCH3 is 1. The number of carbonyl (C=O) groups is 6. The molecule has 70 heavy (non-hydrogen) atoms. The van der Waals surface area contributed by atoms with E-state index >= 15 is 0 Å². The van der Waals surface area contributed by atoms with Crippen molar-refractivity contribution in [1.82, 2.24) is 20.5 Å². The van der Waals surface area contributed by atoms with Crippen molar-refractivity contribution in [3.05, 3.63) is 114 Å². The van der Waals surface area contributed by atoms with Gasteiger partial charge in [0.15, 0.2) is 24.4 Å². The normalized spacial score (nSPS) is 14.0. The molecule has 0 spiro atoms. The second kappa shape index (κ2) is 25.2. The minimum atomic E-state index is -0.829. The molecule has 4 aromatic carbocycles. The van der Waals surface area contributed by atoms with Crippen molar-refractivity contribution in [2.45, 2.75) is 25.3 Å². The molecule has 18 heteroatoms. The molecule has 18 nitrogen and oxygen atoms in total. The lowest BCUT2D eigenvalue weighted by atomic mass is 9.92. The largest absolute Gasteiger partial charge is 0.493 e. The molecule has 7 rings (SSSR count). The topological polar surface area (TPSA) is 222 Å². The molecule has 0 bridgehead atoms. The first-order chi connectivity index (χ1) is 34.1. The quantitative estimate of drug-likeness (QED) is 0.0346. The van der Waals surface area contributed by atoms with Crippen LogP contribution in [-0.4, -0.2) is 138 Å². The van der Waals surface area contributed by atoms with Crippen molar-refractivity contribution in [2.24, 2.45) is 0 Å². The number of carbonyl (C=O) groups excluding carboxylic acids is 6. The van der Waals surface area contributed by atoms with Gasteiger partial charge in [-0.05, 0) is 53.4 Å². The maximum atomic E-state index is 13.4. The van der Waals surface area contributed by atoms with E-state index in [1.807, 2.05) is 72.8 Å². The van der Waals surface area contributed by atoms with Gasteiger partial charge in [-0.2, -0.15) is 0 Å². The van der Waals surface area contributed by atoms with E-state index in [9.17, 15) is 28.8 Å². The van der Waals surface area contributed by atoms with Crippen LogP contribution in [0.3, 0.4) is 0 Å². The number of hydrogen-bond acceptors (Lipinski definition) is 14. The Morgan fingerprint density at radius 3 is 2.16 bits per heavy atom. The standard InChI is InChI=1S/C52H56N6O12/c1-58(43-16-18-46(60)57-51(43)63)52(64)49-36(32-59)11-8-14-41(49)53-19-21-66-23-25-68-27-28-69-26-24-67-22-20-54-48(62)33-70-45-29-35(15-17-44(45)65-2)38-30-42(34-9-4-3-5-10-34)56-50-37-12-6-7-13-40(37)55-47(61)31-39(38)50/h3-15,17,29-30,32,43,53H,16,18-28,31,33H2,1-2H3,(H,54,62)(H,55,61)(H,57,60,63). The first-order valence-electron chi connectivity index (χ1n) is 23.0. The average Bonchev–Trinajstić information content (AvgIpc) is 3.52. The van der Waals surface area contributed by atoms with Gasteiger partial charge in [-0.1, -0.05) is 66.7 Å². The third-order valence-electron chi connectivity index (χ3n) is 11.5. The van der Waals surface area contributed by atoms with Gasteiger partial charge in [-0.3, -0.25) is 34.1 Å². The summed E-state index contributed by atoms with van der Waals surface area (Å²) in [5.41, 5.74) is 6.97. The number of amides is 5. The van der Waals surface area contributed by atoms with Gasteiger partial charge in [0.1, 0.15) is 6.04 Å². The molecule has 2 aliphatic rings. The highest BCUT2D eigenvalue weighted by atomic mass is 16.6. The summed E-state index contributed by atoms with van der Waals surface area (Å²) < 4.78 is 34.0. The third-order valence-corrected chi connectivity index (χ3v) is 11.5. The van der Waals surface area contributed by atoms with E-state index in [4.69, 9.17) is 33.4 Å². The van der Waals surface area contributed by atoms with Gasteiger partial charge in [0, 0.05) is 48.9 Å². The molecule has 1 fully saturated rings. The fourth-order valence-corrected chi connectivity index (χ4v) is 8.00. The summed E-state index contributed by atoms with van der Waals surface area (Å²) in [5, 5.41) is 11.2. The van der Waals surface area contributed by atoms with Crippen LogP contribution in [0.15, 0.2) is 97.1 Å². The minimum absolute atomic E-state index is 0.113. The van der Waals surface area contributed by atoms with Crippen LogP contribution in [0.1, 0.15) is 39.1 Å². The number of nitrogens with one attached hydrogen (secondary N) is 4. The molecule has 1 aromatic heterocycles. The number of fused-ring (bicyclic) bond motifs is 3. The van der Waals surface area contributed by atoms with Crippen LogP contribution < -0.4 is 30.7 Å². The first-order valence-corrected chi connectivity index (χ1v) is 23.0. The molecule has 4 N–H and O–H groups in total. The molecule has 3 heterocycles. The molecular formula is C52H56N6O12.